The maximum absolute atomic E-state index is 11.9. The van der Waals surface area contributed by atoms with Crippen molar-refractivity contribution in [3.63, 3.8) is 0 Å². The molecule has 0 aliphatic heterocycles. The smallest absolute Gasteiger partial charge is 0.163 e. The third-order valence-corrected chi connectivity index (χ3v) is 5.71. The molecule has 4 heteroatoms. The van der Waals surface area contributed by atoms with Gasteiger partial charge in [0.2, 0.25) is 0 Å². The van der Waals surface area contributed by atoms with E-state index in [1.807, 2.05) is 0 Å². The molecular formula is C15H20O3S. The van der Waals surface area contributed by atoms with Crippen LogP contribution in [-0.2, 0) is 15.6 Å². The van der Waals surface area contributed by atoms with Crippen molar-refractivity contribution in [1.29, 1.82) is 0 Å². The van der Waals surface area contributed by atoms with Gasteiger partial charge in [-0.05, 0) is 38.2 Å². The number of carbonyl (C=O) groups is 1. The summed E-state index contributed by atoms with van der Waals surface area (Å²) in [6.45, 7) is 3.37. The first kappa shape index (κ1) is 14.3. The normalized spacial score (nSPS) is 15.7. The number of Topliss-reactive ketones (excluding diaryl/α,β-unsaturated/α-hetero) is 1. The molecule has 0 radical (unpaired) electrons. The van der Waals surface area contributed by atoms with Gasteiger partial charge in [-0.2, -0.15) is 0 Å². The van der Waals surface area contributed by atoms with Crippen LogP contribution in [0.15, 0.2) is 24.3 Å². The van der Waals surface area contributed by atoms with E-state index in [0.29, 0.717) is 17.9 Å². The van der Waals surface area contributed by atoms with Gasteiger partial charge in [-0.15, -0.1) is 0 Å². The summed E-state index contributed by atoms with van der Waals surface area (Å²) in [4.78, 5) is 11.9. The minimum Gasteiger partial charge on any atom is -0.294 e. The van der Waals surface area contributed by atoms with Gasteiger partial charge in [-0.25, -0.2) is 8.42 Å². The molecule has 104 valence electrons. The van der Waals surface area contributed by atoms with E-state index in [2.05, 4.69) is 0 Å². The van der Waals surface area contributed by atoms with Crippen molar-refractivity contribution < 1.29 is 13.2 Å². The maximum Gasteiger partial charge on any atom is 0.163 e. The van der Waals surface area contributed by atoms with Gasteiger partial charge in [-0.1, -0.05) is 24.3 Å². The summed E-state index contributed by atoms with van der Waals surface area (Å²) in [6, 6.07) is 6.99. The fourth-order valence-corrected chi connectivity index (χ4v) is 2.88. The Morgan fingerprint density at radius 3 is 2.26 bits per heavy atom. The summed E-state index contributed by atoms with van der Waals surface area (Å²) in [5.74, 6) is 0.788. The quantitative estimate of drug-likeness (QED) is 0.753. The Morgan fingerprint density at radius 1 is 1.21 bits per heavy atom. The van der Waals surface area contributed by atoms with Crippen LogP contribution in [0.5, 0.6) is 0 Å². The van der Waals surface area contributed by atoms with E-state index in [4.69, 9.17) is 0 Å². The Hall–Kier alpha value is -1.16. The first-order valence-corrected chi connectivity index (χ1v) is 8.44. The maximum atomic E-state index is 11.9. The largest absolute Gasteiger partial charge is 0.294 e. The number of rotatable bonds is 6. The molecule has 1 aromatic carbocycles. The summed E-state index contributed by atoms with van der Waals surface area (Å²) in [5.41, 5.74) is 1.44. The van der Waals surface area contributed by atoms with Crippen LogP contribution in [-0.4, -0.2) is 19.5 Å². The Bertz CT molecular complexity index is 552. The van der Waals surface area contributed by atoms with Gasteiger partial charge in [0.25, 0.3) is 0 Å². The Balaban J connectivity index is 2.03. The van der Waals surface area contributed by atoms with E-state index < -0.39 is 9.84 Å². The predicted octanol–water partition coefficient (Wildman–Crippen LogP) is 2.99. The van der Waals surface area contributed by atoms with Crippen molar-refractivity contribution >= 4 is 15.6 Å². The van der Waals surface area contributed by atoms with Crippen molar-refractivity contribution in [1.82, 2.24) is 0 Å². The number of sulfone groups is 1. The highest BCUT2D eigenvalue weighted by molar-refractivity contribution is 7.91. The minimum absolute atomic E-state index is 0.0434. The third kappa shape index (κ3) is 3.90. The molecule has 0 saturated heterocycles. The molecule has 0 aromatic heterocycles. The monoisotopic (exact) mass is 280 g/mol. The van der Waals surface area contributed by atoms with Gasteiger partial charge >= 0.3 is 0 Å². The lowest BCUT2D eigenvalue weighted by molar-refractivity contribution is 0.0976. The number of hydrogen-bond acceptors (Lipinski definition) is 3. The first-order chi connectivity index (χ1) is 8.88. The lowest BCUT2D eigenvalue weighted by Crippen LogP contribution is -2.16. The van der Waals surface area contributed by atoms with E-state index in [9.17, 15) is 13.2 Å². The van der Waals surface area contributed by atoms with E-state index >= 15 is 0 Å². The predicted molar refractivity (Wildman–Crippen MR) is 75.9 cm³/mol. The summed E-state index contributed by atoms with van der Waals surface area (Å²) in [5, 5.41) is -0.372. The van der Waals surface area contributed by atoms with Crippen LogP contribution in [0.4, 0.5) is 0 Å². The van der Waals surface area contributed by atoms with Crippen LogP contribution in [0.3, 0.4) is 0 Å². The second-order valence-electron chi connectivity index (χ2n) is 5.62. The summed E-state index contributed by atoms with van der Waals surface area (Å²) in [6.07, 6.45) is 2.95. The zero-order chi connectivity index (χ0) is 14.0. The van der Waals surface area contributed by atoms with Crippen LogP contribution >= 0.6 is 0 Å². The van der Waals surface area contributed by atoms with Crippen LogP contribution in [0, 0.1) is 5.92 Å². The number of ketones is 1. The molecular weight excluding hydrogens is 260 g/mol. The zero-order valence-electron chi connectivity index (χ0n) is 11.4. The molecule has 0 unspecified atom stereocenters. The molecule has 0 bridgehead atoms. The van der Waals surface area contributed by atoms with E-state index in [1.165, 1.54) is 0 Å². The van der Waals surface area contributed by atoms with Gasteiger partial charge in [0.1, 0.15) is 0 Å². The summed E-state index contributed by atoms with van der Waals surface area (Å²) in [7, 11) is -3.08. The second-order valence-corrected chi connectivity index (χ2v) is 8.18. The van der Waals surface area contributed by atoms with Gasteiger partial charge in [-0.3, -0.25) is 4.79 Å². The molecule has 0 spiro atoms. The van der Waals surface area contributed by atoms with Crippen molar-refractivity contribution in [3.8, 4) is 0 Å². The highest BCUT2D eigenvalue weighted by Gasteiger charge is 2.25. The van der Waals surface area contributed by atoms with E-state index in [-0.39, 0.29) is 16.8 Å². The van der Waals surface area contributed by atoms with Crippen LogP contribution in [0.1, 0.15) is 49.0 Å². The van der Waals surface area contributed by atoms with Gasteiger partial charge in [0.15, 0.2) is 15.6 Å². The topological polar surface area (TPSA) is 51.2 Å². The molecule has 19 heavy (non-hydrogen) atoms. The Kier molecular flexibility index (Phi) is 4.09. The van der Waals surface area contributed by atoms with Crippen molar-refractivity contribution in [2.45, 2.75) is 44.1 Å². The van der Waals surface area contributed by atoms with Gasteiger partial charge in [0.05, 0.1) is 11.0 Å². The molecule has 0 amide bonds. The molecule has 1 saturated carbocycles. The number of carbonyl (C=O) groups excluding carboxylic acids is 1. The Labute approximate surface area is 114 Å². The fourth-order valence-electron chi connectivity index (χ4n) is 1.89. The van der Waals surface area contributed by atoms with Gasteiger partial charge < -0.3 is 0 Å². The Morgan fingerprint density at radius 2 is 1.79 bits per heavy atom. The van der Waals surface area contributed by atoms with Crippen molar-refractivity contribution in [2.24, 2.45) is 5.92 Å². The van der Waals surface area contributed by atoms with Crippen LogP contribution < -0.4 is 0 Å². The van der Waals surface area contributed by atoms with E-state index in [1.54, 1.807) is 38.1 Å². The zero-order valence-corrected chi connectivity index (χ0v) is 12.2. The molecule has 1 fully saturated rings. The molecule has 0 heterocycles. The highest BCUT2D eigenvalue weighted by Crippen LogP contribution is 2.33. The third-order valence-electron chi connectivity index (χ3n) is 3.53. The van der Waals surface area contributed by atoms with Crippen LogP contribution in [0.25, 0.3) is 0 Å². The number of hydrogen-bond donors (Lipinski definition) is 0. The lowest BCUT2D eigenvalue weighted by Gasteiger charge is -2.08. The minimum atomic E-state index is -3.08. The average Bonchev–Trinajstić information content (AvgIpc) is 3.13. The molecule has 0 N–H and O–H groups in total. The SMILES string of the molecule is CC(C)S(=O)(=O)Cc1ccc(C(=O)CC2CC2)cc1. The van der Waals surface area contributed by atoms with Crippen molar-refractivity contribution in [2.75, 3.05) is 0 Å². The van der Waals surface area contributed by atoms with Crippen LogP contribution in [0.2, 0.25) is 0 Å². The number of benzene rings is 1. The first-order valence-electron chi connectivity index (χ1n) is 6.72. The van der Waals surface area contributed by atoms with Gasteiger partial charge in [0, 0.05) is 12.0 Å². The molecule has 2 rings (SSSR count). The summed E-state index contributed by atoms with van der Waals surface area (Å²) >= 11 is 0. The standard InChI is InChI=1S/C15H20O3S/c1-11(2)19(17,18)10-13-5-7-14(8-6-13)15(16)9-12-3-4-12/h5-8,11-12H,3-4,9-10H2,1-2H3. The summed E-state index contributed by atoms with van der Waals surface area (Å²) < 4.78 is 23.6. The fraction of sp³-hybridized carbons (Fsp3) is 0.533. The highest BCUT2D eigenvalue weighted by atomic mass is 32.2. The average molecular weight is 280 g/mol. The van der Waals surface area contributed by atoms with Crippen molar-refractivity contribution in [3.05, 3.63) is 35.4 Å². The second kappa shape index (κ2) is 5.45. The van der Waals surface area contributed by atoms with E-state index in [0.717, 1.165) is 18.4 Å². The molecule has 1 aliphatic carbocycles. The lowest BCUT2D eigenvalue weighted by atomic mass is 10.0. The molecule has 1 aliphatic rings. The molecule has 0 atom stereocenters. The molecule has 3 nitrogen and oxygen atoms in total. The molecule has 1 aromatic rings.